The largest absolute Gasteiger partial charge is 0.497 e. The minimum atomic E-state index is -0.301. The van der Waals surface area contributed by atoms with Crippen molar-refractivity contribution in [2.24, 2.45) is 0 Å². The Bertz CT molecular complexity index is 1010. The fourth-order valence-electron chi connectivity index (χ4n) is 3.40. The molecule has 0 saturated carbocycles. The Labute approximate surface area is 177 Å². The maximum atomic E-state index is 6.61. The van der Waals surface area contributed by atoms with Crippen molar-refractivity contribution in [3.8, 4) is 45.4 Å². The summed E-state index contributed by atoms with van der Waals surface area (Å²) in [5, 5.41) is 4.89. The molecule has 1 heterocycles. The van der Waals surface area contributed by atoms with Crippen LogP contribution in [0, 0.1) is 0 Å². The Morgan fingerprint density at radius 2 is 1.37 bits per heavy atom. The van der Waals surface area contributed by atoms with Crippen LogP contribution in [0.2, 0.25) is 0 Å². The maximum Gasteiger partial charge on any atom is 0.203 e. The molecule has 3 aromatic rings. The second-order valence-corrected chi connectivity index (χ2v) is 7.83. The SMILES string of the molecule is COc1ccc(-c2c(-c3cc(OC)c(OC)c(OC)c3)nn(C(C)(C)C)c2N)cc1. The number of hydrogen-bond acceptors (Lipinski definition) is 6. The van der Waals surface area contributed by atoms with Crippen LogP contribution in [0.5, 0.6) is 23.0 Å². The number of nitrogens with two attached hydrogens (primary N) is 1. The summed E-state index contributed by atoms with van der Waals surface area (Å²) >= 11 is 0. The molecular formula is C23H29N3O4. The van der Waals surface area contributed by atoms with Gasteiger partial charge in [0.2, 0.25) is 5.75 Å². The number of nitrogen functional groups attached to an aromatic ring is 1. The lowest BCUT2D eigenvalue weighted by Crippen LogP contribution is -2.24. The van der Waals surface area contributed by atoms with Crippen molar-refractivity contribution in [3.63, 3.8) is 0 Å². The van der Waals surface area contributed by atoms with Gasteiger partial charge in [-0.15, -0.1) is 0 Å². The molecule has 0 aliphatic carbocycles. The molecule has 0 aliphatic rings. The third-order valence-electron chi connectivity index (χ3n) is 4.87. The average Bonchev–Trinajstić information content (AvgIpc) is 3.10. The van der Waals surface area contributed by atoms with Gasteiger partial charge in [-0.2, -0.15) is 5.10 Å². The molecule has 7 heteroatoms. The lowest BCUT2D eigenvalue weighted by Gasteiger charge is -2.21. The number of rotatable bonds is 6. The van der Waals surface area contributed by atoms with Crippen molar-refractivity contribution in [2.45, 2.75) is 26.3 Å². The summed E-state index contributed by atoms with van der Waals surface area (Å²) in [6, 6.07) is 11.5. The van der Waals surface area contributed by atoms with Crippen molar-refractivity contribution < 1.29 is 18.9 Å². The summed E-state index contributed by atoms with van der Waals surface area (Å²) < 4.78 is 23.7. The lowest BCUT2D eigenvalue weighted by molar-refractivity contribution is 0.324. The zero-order chi connectivity index (χ0) is 22.1. The molecule has 0 radical (unpaired) electrons. The van der Waals surface area contributed by atoms with E-state index in [1.807, 2.05) is 41.1 Å². The van der Waals surface area contributed by atoms with Crippen LogP contribution in [0.15, 0.2) is 36.4 Å². The van der Waals surface area contributed by atoms with E-state index in [1.165, 1.54) is 0 Å². The average molecular weight is 412 g/mol. The summed E-state index contributed by atoms with van der Waals surface area (Å²) in [6.45, 7) is 6.19. The first-order valence-electron chi connectivity index (χ1n) is 9.59. The highest BCUT2D eigenvalue weighted by molar-refractivity contribution is 5.89. The topological polar surface area (TPSA) is 80.8 Å². The van der Waals surface area contributed by atoms with Crippen LogP contribution in [0.4, 0.5) is 5.82 Å². The van der Waals surface area contributed by atoms with Crippen LogP contribution in [0.3, 0.4) is 0 Å². The highest BCUT2D eigenvalue weighted by Crippen LogP contribution is 2.45. The van der Waals surface area contributed by atoms with Gasteiger partial charge in [-0.25, -0.2) is 4.68 Å². The fourth-order valence-corrected chi connectivity index (χ4v) is 3.40. The number of methoxy groups -OCH3 is 4. The van der Waals surface area contributed by atoms with Gasteiger partial charge in [-0.3, -0.25) is 0 Å². The molecule has 160 valence electrons. The van der Waals surface area contributed by atoms with Crippen molar-refractivity contribution in [2.75, 3.05) is 34.2 Å². The first kappa shape index (κ1) is 21.4. The number of benzene rings is 2. The van der Waals surface area contributed by atoms with Crippen LogP contribution in [0.1, 0.15) is 20.8 Å². The number of nitrogens with zero attached hydrogens (tertiary/aromatic N) is 2. The summed E-state index contributed by atoms with van der Waals surface area (Å²) in [5.41, 5.74) is 9.62. The van der Waals surface area contributed by atoms with Crippen LogP contribution >= 0.6 is 0 Å². The van der Waals surface area contributed by atoms with Gasteiger partial charge in [-0.05, 0) is 50.6 Å². The van der Waals surface area contributed by atoms with E-state index in [1.54, 1.807) is 28.4 Å². The molecule has 2 N–H and O–H groups in total. The third kappa shape index (κ3) is 3.75. The van der Waals surface area contributed by atoms with Crippen LogP contribution in [0.25, 0.3) is 22.4 Å². The number of anilines is 1. The predicted molar refractivity (Wildman–Crippen MR) is 119 cm³/mol. The molecule has 0 spiro atoms. The standard InChI is InChI=1S/C23H29N3O4/c1-23(2,3)26-22(24)19(14-8-10-16(27-4)11-9-14)20(25-26)15-12-17(28-5)21(30-7)18(13-15)29-6/h8-13H,24H2,1-7H3. The Balaban J connectivity index is 2.31. The molecule has 0 saturated heterocycles. The van der Waals surface area contributed by atoms with Crippen molar-refractivity contribution in [1.29, 1.82) is 0 Å². The van der Waals surface area contributed by atoms with Gasteiger partial charge >= 0.3 is 0 Å². The molecule has 0 bridgehead atoms. The van der Waals surface area contributed by atoms with E-state index in [4.69, 9.17) is 29.8 Å². The van der Waals surface area contributed by atoms with E-state index in [2.05, 4.69) is 20.8 Å². The zero-order valence-electron chi connectivity index (χ0n) is 18.6. The van der Waals surface area contributed by atoms with Crippen LogP contribution < -0.4 is 24.7 Å². The molecule has 30 heavy (non-hydrogen) atoms. The molecule has 1 aromatic heterocycles. The van der Waals surface area contributed by atoms with Gasteiger partial charge < -0.3 is 24.7 Å². The molecular weight excluding hydrogens is 382 g/mol. The Kier molecular flexibility index (Phi) is 5.82. The fraction of sp³-hybridized carbons (Fsp3) is 0.348. The van der Waals surface area contributed by atoms with E-state index >= 15 is 0 Å². The second kappa shape index (κ2) is 8.18. The number of ether oxygens (including phenoxy) is 4. The van der Waals surface area contributed by atoms with Crippen molar-refractivity contribution >= 4 is 5.82 Å². The molecule has 7 nitrogen and oxygen atoms in total. The number of aromatic nitrogens is 2. The monoisotopic (exact) mass is 411 g/mol. The van der Waals surface area contributed by atoms with Crippen molar-refractivity contribution in [3.05, 3.63) is 36.4 Å². The summed E-state index contributed by atoms with van der Waals surface area (Å²) in [7, 11) is 6.40. The van der Waals surface area contributed by atoms with E-state index in [9.17, 15) is 0 Å². The van der Waals surface area contributed by atoms with Crippen LogP contribution in [-0.4, -0.2) is 38.2 Å². The molecule has 0 aliphatic heterocycles. The van der Waals surface area contributed by atoms with Crippen LogP contribution in [-0.2, 0) is 5.54 Å². The summed E-state index contributed by atoms with van der Waals surface area (Å²) in [6.07, 6.45) is 0. The lowest BCUT2D eigenvalue weighted by atomic mass is 9.99. The van der Waals surface area contributed by atoms with Gasteiger partial charge in [0, 0.05) is 5.56 Å². The molecule has 0 amide bonds. The first-order chi connectivity index (χ1) is 14.2. The molecule has 0 unspecified atom stereocenters. The van der Waals surface area contributed by atoms with Crippen molar-refractivity contribution in [1.82, 2.24) is 9.78 Å². The minimum Gasteiger partial charge on any atom is -0.497 e. The number of hydrogen-bond donors (Lipinski definition) is 1. The summed E-state index contributed by atoms with van der Waals surface area (Å²) in [5.74, 6) is 2.98. The van der Waals surface area contributed by atoms with Gasteiger partial charge in [0.1, 0.15) is 17.3 Å². The van der Waals surface area contributed by atoms with Gasteiger partial charge in [0.15, 0.2) is 11.5 Å². The Morgan fingerprint density at radius 3 is 1.80 bits per heavy atom. The van der Waals surface area contributed by atoms with E-state index in [-0.39, 0.29) is 5.54 Å². The first-order valence-corrected chi connectivity index (χ1v) is 9.59. The van der Waals surface area contributed by atoms with E-state index < -0.39 is 0 Å². The second-order valence-electron chi connectivity index (χ2n) is 7.83. The molecule has 3 rings (SSSR count). The van der Waals surface area contributed by atoms with E-state index in [0.717, 1.165) is 28.1 Å². The zero-order valence-corrected chi connectivity index (χ0v) is 18.6. The Hall–Kier alpha value is -3.35. The Morgan fingerprint density at radius 1 is 0.800 bits per heavy atom. The third-order valence-corrected chi connectivity index (χ3v) is 4.87. The highest BCUT2D eigenvalue weighted by atomic mass is 16.5. The predicted octanol–water partition coefficient (Wildman–Crippen LogP) is 4.59. The highest BCUT2D eigenvalue weighted by Gasteiger charge is 2.26. The smallest absolute Gasteiger partial charge is 0.203 e. The van der Waals surface area contributed by atoms with Gasteiger partial charge in [0.05, 0.1) is 39.5 Å². The quantitative estimate of drug-likeness (QED) is 0.639. The molecule has 0 atom stereocenters. The van der Waals surface area contributed by atoms with Gasteiger partial charge in [0.25, 0.3) is 0 Å². The molecule has 2 aromatic carbocycles. The minimum absolute atomic E-state index is 0.301. The summed E-state index contributed by atoms with van der Waals surface area (Å²) in [4.78, 5) is 0. The molecule has 0 fully saturated rings. The maximum absolute atomic E-state index is 6.61. The van der Waals surface area contributed by atoms with E-state index in [0.29, 0.717) is 23.1 Å². The normalized spacial score (nSPS) is 11.3. The van der Waals surface area contributed by atoms with Gasteiger partial charge in [-0.1, -0.05) is 12.1 Å².